The van der Waals surface area contributed by atoms with E-state index in [2.05, 4.69) is 18.8 Å². The number of carbonyl (C=O) groups is 1. The van der Waals surface area contributed by atoms with E-state index in [1.54, 1.807) is 24.0 Å². The van der Waals surface area contributed by atoms with Crippen molar-refractivity contribution in [1.82, 2.24) is 4.90 Å². The molecule has 5 heteroatoms. The summed E-state index contributed by atoms with van der Waals surface area (Å²) >= 11 is 0. The molecule has 1 N–H and O–H groups in total. The van der Waals surface area contributed by atoms with Gasteiger partial charge in [0.05, 0.1) is 5.70 Å². The first kappa shape index (κ1) is 16.2. The van der Waals surface area contributed by atoms with Gasteiger partial charge in [0.1, 0.15) is 18.2 Å². The molecule has 0 aliphatic carbocycles. The Balaban J connectivity index is 2.30. The molecule has 0 atom stereocenters. The van der Waals surface area contributed by atoms with Crippen LogP contribution in [0.4, 0.5) is 4.39 Å². The first-order chi connectivity index (χ1) is 10.4. The van der Waals surface area contributed by atoms with Gasteiger partial charge in [0.2, 0.25) is 0 Å². The molecule has 118 valence electrons. The van der Waals surface area contributed by atoms with Crippen LogP contribution in [0.15, 0.2) is 29.3 Å². The number of carboxylic acid groups (broad SMARTS) is 1. The van der Waals surface area contributed by atoms with Crippen LogP contribution < -0.4 is 0 Å². The Kier molecular flexibility index (Phi) is 4.96. The van der Waals surface area contributed by atoms with Crippen molar-refractivity contribution in [3.63, 3.8) is 0 Å². The van der Waals surface area contributed by atoms with Gasteiger partial charge in [0.25, 0.3) is 0 Å². The summed E-state index contributed by atoms with van der Waals surface area (Å²) in [5, 5.41) is 9.01. The minimum atomic E-state index is -0.870. The summed E-state index contributed by atoms with van der Waals surface area (Å²) in [6, 6.07) is 4.91. The molecule has 0 unspecified atom stereocenters. The van der Waals surface area contributed by atoms with E-state index in [-0.39, 0.29) is 12.4 Å². The Morgan fingerprint density at radius 1 is 1.45 bits per heavy atom. The summed E-state index contributed by atoms with van der Waals surface area (Å²) in [5.74, 6) is 0.0474. The lowest BCUT2D eigenvalue weighted by atomic mass is 10.0. The van der Waals surface area contributed by atoms with Crippen LogP contribution in [0.5, 0.6) is 0 Å². The second kappa shape index (κ2) is 6.73. The fraction of sp³-hybridized carbons (Fsp3) is 0.412. The molecule has 0 amide bonds. The third kappa shape index (κ3) is 3.93. The lowest BCUT2D eigenvalue weighted by molar-refractivity contribution is -0.137. The first-order valence-corrected chi connectivity index (χ1v) is 7.38. The average Bonchev–Trinajstić information content (AvgIpc) is 2.43. The van der Waals surface area contributed by atoms with Crippen molar-refractivity contribution in [3.05, 3.63) is 41.2 Å². The van der Waals surface area contributed by atoms with Gasteiger partial charge in [0, 0.05) is 18.5 Å². The molecular weight excluding hydrogens is 283 g/mol. The summed E-state index contributed by atoms with van der Waals surface area (Å²) < 4.78 is 13.4. The van der Waals surface area contributed by atoms with E-state index in [1.807, 2.05) is 6.08 Å². The van der Waals surface area contributed by atoms with Crippen LogP contribution in [0.2, 0.25) is 0 Å². The average molecular weight is 304 g/mol. The molecule has 0 saturated carbocycles. The number of aliphatic imine (C=N–C) groups is 1. The first-order valence-electron chi connectivity index (χ1n) is 7.38. The summed E-state index contributed by atoms with van der Waals surface area (Å²) in [5.41, 5.74) is 2.21. The minimum absolute atomic E-state index is 0.0578. The number of benzene rings is 1. The molecule has 1 aromatic rings. The number of hydrogen-bond donors (Lipinski definition) is 1. The Hall–Kier alpha value is -2.17. The zero-order valence-corrected chi connectivity index (χ0v) is 13.1. The molecular formula is C17H21FN2O2. The highest BCUT2D eigenvalue weighted by molar-refractivity contribution is 5.92. The van der Waals surface area contributed by atoms with Crippen LogP contribution in [0.3, 0.4) is 0 Å². The molecule has 4 nitrogen and oxygen atoms in total. The molecule has 0 bridgehead atoms. The van der Waals surface area contributed by atoms with Crippen LogP contribution >= 0.6 is 0 Å². The highest BCUT2D eigenvalue weighted by atomic mass is 19.1. The fourth-order valence-corrected chi connectivity index (χ4v) is 2.40. The molecule has 1 aliphatic heterocycles. The molecule has 1 aromatic carbocycles. The van der Waals surface area contributed by atoms with Gasteiger partial charge < -0.3 is 10.0 Å². The monoisotopic (exact) mass is 304 g/mol. The van der Waals surface area contributed by atoms with Crippen LogP contribution in [-0.4, -0.2) is 34.9 Å². The number of aliphatic carboxylic acids is 1. The van der Waals surface area contributed by atoms with E-state index in [1.165, 1.54) is 6.07 Å². The van der Waals surface area contributed by atoms with E-state index < -0.39 is 5.97 Å². The van der Waals surface area contributed by atoms with Crippen molar-refractivity contribution in [2.24, 2.45) is 10.9 Å². The summed E-state index contributed by atoms with van der Waals surface area (Å²) in [7, 11) is 0. The SMILES string of the molecule is Cc1cc(C2=CCN(CC(=O)O)C(CC(C)C)=N2)ccc1F. The molecule has 0 saturated heterocycles. The number of carboxylic acids is 1. The zero-order chi connectivity index (χ0) is 16.3. The largest absolute Gasteiger partial charge is 0.480 e. The second-order valence-corrected chi connectivity index (χ2v) is 5.95. The number of halogens is 1. The van der Waals surface area contributed by atoms with Crippen molar-refractivity contribution >= 4 is 17.5 Å². The van der Waals surface area contributed by atoms with E-state index >= 15 is 0 Å². The molecule has 0 spiro atoms. The standard InChI is InChI=1S/C17H21FN2O2/c1-11(2)8-16-19-15(6-7-20(16)10-17(21)22)13-4-5-14(18)12(3)9-13/h4-6,9,11H,7-8,10H2,1-3H3,(H,21,22). The topological polar surface area (TPSA) is 52.9 Å². The Labute approximate surface area is 130 Å². The Morgan fingerprint density at radius 2 is 2.18 bits per heavy atom. The van der Waals surface area contributed by atoms with E-state index in [0.717, 1.165) is 17.1 Å². The van der Waals surface area contributed by atoms with E-state index in [9.17, 15) is 9.18 Å². The lowest BCUT2D eigenvalue weighted by Gasteiger charge is -2.28. The number of rotatable bonds is 5. The van der Waals surface area contributed by atoms with Gasteiger partial charge in [-0.05, 0) is 42.7 Å². The lowest BCUT2D eigenvalue weighted by Crippen LogP contribution is -2.38. The Morgan fingerprint density at radius 3 is 2.77 bits per heavy atom. The predicted molar refractivity (Wildman–Crippen MR) is 85.2 cm³/mol. The molecule has 1 aliphatic rings. The molecule has 2 rings (SSSR count). The fourth-order valence-electron chi connectivity index (χ4n) is 2.40. The van der Waals surface area contributed by atoms with Gasteiger partial charge in [0.15, 0.2) is 0 Å². The second-order valence-electron chi connectivity index (χ2n) is 5.95. The van der Waals surface area contributed by atoms with Gasteiger partial charge in [-0.15, -0.1) is 0 Å². The van der Waals surface area contributed by atoms with E-state index in [0.29, 0.717) is 24.4 Å². The maximum absolute atomic E-state index is 13.4. The van der Waals surface area contributed by atoms with Gasteiger partial charge in [-0.2, -0.15) is 0 Å². The third-order valence-electron chi connectivity index (χ3n) is 3.49. The number of amidine groups is 1. The van der Waals surface area contributed by atoms with Crippen LogP contribution in [0, 0.1) is 18.7 Å². The molecule has 22 heavy (non-hydrogen) atoms. The highest BCUT2D eigenvalue weighted by Crippen LogP contribution is 2.24. The third-order valence-corrected chi connectivity index (χ3v) is 3.49. The summed E-state index contributed by atoms with van der Waals surface area (Å²) in [4.78, 5) is 17.4. The van der Waals surface area contributed by atoms with Crippen LogP contribution in [0.25, 0.3) is 5.70 Å². The summed E-state index contributed by atoms with van der Waals surface area (Å²) in [6.45, 7) is 6.31. The number of aryl methyl sites for hydroxylation is 1. The van der Waals surface area contributed by atoms with Gasteiger partial charge in [-0.3, -0.25) is 4.79 Å². The quantitative estimate of drug-likeness (QED) is 0.908. The van der Waals surface area contributed by atoms with Crippen molar-refractivity contribution in [2.45, 2.75) is 27.2 Å². The van der Waals surface area contributed by atoms with Gasteiger partial charge in [-0.25, -0.2) is 9.38 Å². The number of nitrogens with zero attached hydrogens (tertiary/aromatic N) is 2. The van der Waals surface area contributed by atoms with Crippen LogP contribution in [0.1, 0.15) is 31.4 Å². The highest BCUT2D eigenvalue weighted by Gasteiger charge is 2.20. The maximum atomic E-state index is 13.4. The predicted octanol–water partition coefficient (Wildman–Crippen LogP) is 3.32. The van der Waals surface area contributed by atoms with Gasteiger partial charge >= 0.3 is 5.97 Å². The Bertz CT molecular complexity index is 636. The smallest absolute Gasteiger partial charge is 0.323 e. The minimum Gasteiger partial charge on any atom is -0.480 e. The van der Waals surface area contributed by atoms with Crippen molar-refractivity contribution < 1.29 is 14.3 Å². The van der Waals surface area contributed by atoms with Crippen molar-refractivity contribution in [2.75, 3.05) is 13.1 Å². The maximum Gasteiger partial charge on any atom is 0.323 e. The summed E-state index contributed by atoms with van der Waals surface area (Å²) in [6.07, 6.45) is 2.60. The molecule has 0 radical (unpaired) electrons. The van der Waals surface area contributed by atoms with Crippen molar-refractivity contribution in [3.8, 4) is 0 Å². The molecule has 0 aromatic heterocycles. The molecule has 1 heterocycles. The zero-order valence-electron chi connectivity index (χ0n) is 13.1. The number of hydrogen-bond acceptors (Lipinski definition) is 3. The molecule has 0 fully saturated rings. The van der Waals surface area contributed by atoms with E-state index in [4.69, 9.17) is 5.11 Å². The van der Waals surface area contributed by atoms with Crippen LogP contribution in [-0.2, 0) is 4.79 Å². The normalized spacial score (nSPS) is 14.9. The van der Waals surface area contributed by atoms with Crippen molar-refractivity contribution in [1.29, 1.82) is 0 Å². The van der Waals surface area contributed by atoms with Gasteiger partial charge in [-0.1, -0.05) is 13.8 Å².